The molecule has 0 heterocycles. The fourth-order valence-corrected chi connectivity index (χ4v) is 1.78. The van der Waals surface area contributed by atoms with Gasteiger partial charge in [-0.25, -0.2) is 8.78 Å². The normalized spacial score (nSPS) is 12.0. The number of carboxylic acids is 1. The van der Waals surface area contributed by atoms with Crippen molar-refractivity contribution in [3.63, 3.8) is 0 Å². The lowest BCUT2D eigenvalue weighted by Crippen LogP contribution is -2.33. The van der Waals surface area contributed by atoms with Crippen LogP contribution in [-0.2, 0) is 4.79 Å². The zero-order chi connectivity index (χ0) is 15.3. The summed E-state index contributed by atoms with van der Waals surface area (Å²) in [6.07, 6.45) is 0.800. The van der Waals surface area contributed by atoms with Gasteiger partial charge in [0, 0.05) is 12.5 Å². The van der Waals surface area contributed by atoms with Gasteiger partial charge >= 0.3 is 5.97 Å². The van der Waals surface area contributed by atoms with Gasteiger partial charge in [-0.3, -0.25) is 9.59 Å². The van der Waals surface area contributed by atoms with E-state index in [0.29, 0.717) is 12.8 Å². The van der Waals surface area contributed by atoms with Gasteiger partial charge in [-0.2, -0.15) is 0 Å². The number of hydrogen-bond acceptors (Lipinski definition) is 2. The van der Waals surface area contributed by atoms with E-state index in [0.717, 1.165) is 12.1 Å². The fraction of sp³-hybridized carbons (Fsp3) is 0.385. The maximum Gasteiger partial charge on any atom is 0.303 e. The molecule has 1 aromatic rings. The van der Waals surface area contributed by atoms with Crippen LogP contribution in [-0.4, -0.2) is 23.0 Å². The number of halogens is 3. The smallest absolute Gasteiger partial charge is 0.303 e. The molecule has 0 saturated heterocycles. The highest BCUT2D eigenvalue weighted by atomic mass is 35.5. The summed E-state index contributed by atoms with van der Waals surface area (Å²) in [4.78, 5) is 22.1. The maximum atomic E-state index is 13.5. The lowest BCUT2D eigenvalue weighted by Gasteiger charge is -2.14. The molecule has 1 atom stereocenters. The number of carbonyl (C=O) groups excluding carboxylic acids is 1. The second-order valence-electron chi connectivity index (χ2n) is 4.41. The topological polar surface area (TPSA) is 66.4 Å². The highest BCUT2D eigenvalue weighted by Crippen LogP contribution is 2.19. The fourth-order valence-electron chi connectivity index (χ4n) is 1.63. The molecule has 0 aromatic heterocycles. The predicted molar refractivity (Wildman–Crippen MR) is 69.8 cm³/mol. The van der Waals surface area contributed by atoms with Crippen molar-refractivity contribution in [1.82, 2.24) is 5.32 Å². The van der Waals surface area contributed by atoms with Gasteiger partial charge in [0.05, 0.1) is 10.6 Å². The van der Waals surface area contributed by atoms with Crippen LogP contribution in [0.3, 0.4) is 0 Å². The Kier molecular flexibility index (Phi) is 5.88. The zero-order valence-electron chi connectivity index (χ0n) is 10.8. The molecule has 1 unspecified atom stereocenters. The number of rotatable bonds is 6. The van der Waals surface area contributed by atoms with Crippen LogP contribution in [0.25, 0.3) is 0 Å². The van der Waals surface area contributed by atoms with Crippen molar-refractivity contribution >= 4 is 23.5 Å². The van der Waals surface area contributed by atoms with Gasteiger partial charge in [0.25, 0.3) is 5.91 Å². The molecule has 0 saturated carbocycles. The third-order valence-electron chi connectivity index (χ3n) is 2.66. The Morgan fingerprint density at radius 3 is 2.60 bits per heavy atom. The molecule has 0 aliphatic carbocycles. The molecule has 1 amide bonds. The molecule has 4 nitrogen and oxygen atoms in total. The summed E-state index contributed by atoms with van der Waals surface area (Å²) >= 11 is 5.39. The van der Waals surface area contributed by atoms with Gasteiger partial charge in [0.15, 0.2) is 0 Å². The quantitative estimate of drug-likeness (QED) is 0.794. The third-order valence-corrected chi connectivity index (χ3v) is 2.95. The highest BCUT2D eigenvalue weighted by Gasteiger charge is 2.17. The zero-order valence-corrected chi connectivity index (χ0v) is 11.5. The van der Waals surface area contributed by atoms with E-state index in [1.54, 1.807) is 6.92 Å². The minimum atomic E-state index is -0.922. The van der Waals surface area contributed by atoms with Gasteiger partial charge in [-0.05, 0) is 31.9 Å². The van der Waals surface area contributed by atoms with Crippen LogP contribution in [0.2, 0.25) is 5.02 Å². The van der Waals surface area contributed by atoms with Gasteiger partial charge in [-0.15, -0.1) is 0 Å². The lowest BCUT2D eigenvalue weighted by atomic mass is 10.1. The highest BCUT2D eigenvalue weighted by molar-refractivity contribution is 6.30. The monoisotopic (exact) mass is 305 g/mol. The van der Waals surface area contributed by atoms with Crippen LogP contribution in [0.4, 0.5) is 8.78 Å². The molecule has 0 spiro atoms. The van der Waals surface area contributed by atoms with Crippen LogP contribution in [0, 0.1) is 11.6 Å². The molecule has 0 radical (unpaired) electrons. The van der Waals surface area contributed by atoms with Crippen LogP contribution in [0.1, 0.15) is 36.5 Å². The minimum Gasteiger partial charge on any atom is -0.481 e. The van der Waals surface area contributed by atoms with Crippen molar-refractivity contribution in [2.45, 2.75) is 32.2 Å². The summed E-state index contributed by atoms with van der Waals surface area (Å²) in [6, 6.07) is 1.12. The van der Waals surface area contributed by atoms with Crippen LogP contribution in [0.15, 0.2) is 12.1 Å². The molecule has 110 valence electrons. The Bertz CT molecular complexity index is 523. The average molecular weight is 306 g/mol. The second kappa shape index (κ2) is 7.19. The summed E-state index contributed by atoms with van der Waals surface area (Å²) < 4.78 is 26.7. The molecule has 0 aliphatic heterocycles. The number of benzene rings is 1. The van der Waals surface area contributed by atoms with Crippen molar-refractivity contribution in [2.24, 2.45) is 0 Å². The predicted octanol–water partition coefficient (Wildman–Crippen LogP) is 2.99. The molecule has 2 N–H and O–H groups in total. The van der Waals surface area contributed by atoms with E-state index in [1.807, 2.05) is 0 Å². The van der Waals surface area contributed by atoms with Crippen LogP contribution >= 0.6 is 11.6 Å². The van der Waals surface area contributed by atoms with Gasteiger partial charge in [-0.1, -0.05) is 11.6 Å². The SMILES string of the molecule is CC(CCCC(=O)O)NC(=O)c1cc(F)c(Cl)cc1F. The largest absolute Gasteiger partial charge is 0.481 e. The van der Waals surface area contributed by atoms with E-state index in [-0.39, 0.29) is 12.5 Å². The van der Waals surface area contributed by atoms with Crippen LogP contribution < -0.4 is 5.32 Å². The molecule has 0 bridgehead atoms. The number of amides is 1. The number of aliphatic carboxylic acids is 1. The Balaban J connectivity index is 2.62. The summed E-state index contributed by atoms with van der Waals surface area (Å²) in [7, 11) is 0. The number of carbonyl (C=O) groups is 2. The molecule has 7 heteroatoms. The van der Waals surface area contributed by atoms with Crippen molar-refractivity contribution < 1.29 is 23.5 Å². The van der Waals surface area contributed by atoms with Crippen molar-refractivity contribution in [2.75, 3.05) is 0 Å². The molecule has 1 rings (SSSR count). The lowest BCUT2D eigenvalue weighted by molar-refractivity contribution is -0.137. The Hall–Kier alpha value is -1.69. The Morgan fingerprint density at radius 1 is 1.35 bits per heavy atom. The standard InChI is InChI=1S/C13H14ClF2NO3/c1-7(3-2-4-12(18)19)17-13(20)8-5-11(16)9(14)6-10(8)15/h5-7H,2-4H2,1H3,(H,17,20)(H,18,19). The first-order chi connectivity index (χ1) is 9.31. The van der Waals surface area contributed by atoms with Crippen molar-refractivity contribution in [1.29, 1.82) is 0 Å². The van der Waals surface area contributed by atoms with Crippen LogP contribution in [0.5, 0.6) is 0 Å². The molecule has 1 aromatic carbocycles. The molecule has 0 fully saturated rings. The Morgan fingerprint density at radius 2 is 2.00 bits per heavy atom. The second-order valence-corrected chi connectivity index (χ2v) is 4.81. The van der Waals surface area contributed by atoms with Gasteiger partial charge in [0.2, 0.25) is 0 Å². The van der Waals surface area contributed by atoms with Crippen molar-refractivity contribution in [3.8, 4) is 0 Å². The maximum absolute atomic E-state index is 13.5. The van der Waals surface area contributed by atoms with Gasteiger partial charge < -0.3 is 10.4 Å². The number of carboxylic acid groups (broad SMARTS) is 1. The first-order valence-corrected chi connectivity index (χ1v) is 6.36. The van der Waals surface area contributed by atoms with E-state index >= 15 is 0 Å². The van der Waals surface area contributed by atoms with E-state index < -0.39 is 34.1 Å². The number of hydrogen-bond donors (Lipinski definition) is 2. The first-order valence-electron chi connectivity index (χ1n) is 5.98. The summed E-state index contributed by atoms with van der Waals surface area (Å²) in [6.45, 7) is 1.66. The molecule has 20 heavy (non-hydrogen) atoms. The average Bonchev–Trinajstić information content (AvgIpc) is 2.33. The van der Waals surface area contributed by atoms with Crippen molar-refractivity contribution in [3.05, 3.63) is 34.4 Å². The van der Waals surface area contributed by atoms with Gasteiger partial charge in [0.1, 0.15) is 11.6 Å². The summed E-state index contributed by atoms with van der Waals surface area (Å²) in [5.74, 6) is -3.47. The third kappa shape index (κ3) is 4.77. The first kappa shape index (κ1) is 16.4. The van der Waals surface area contributed by atoms with E-state index in [1.165, 1.54) is 0 Å². The molecular weight excluding hydrogens is 292 g/mol. The van der Waals surface area contributed by atoms with E-state index in [9.17, 15) is 18.4 Å². The summed E-state index contributed by atoms with van der Waals surface area (Å²) in [5, 5.41) is 10.6. The molecular formula is C13H14ClF2NO3. The minimum absolute atomic E-state index is 0.00978. The molecule has 0 aliphatic rings. The Labute approximate surface area is 119 Å². The number of nitrogens with one attached hydrogen (secondary N) is 1. The van der Waals surface area contributed by atoms with E-state index in [2.05, 4.69) is 5.32 Å². The van der Waals surface area contributed by atoms with E-state index in [4.69, 9.17) is 16.7 Å². The summed E-state index contributed by atoms with van der Waals surface area (Å²) in [5.41, 5.74) is -0.433.